The minimum absolute atomic E-state index is 0.0488. The fourth-order valence-corrected chi connectivity index (χ4v) is 4.00. The van der Waals surface area contributed by atoms with Crippen molar-refractivity contribution in [3.63, 3.8) is 0 Å². The second kappa shape index (κ2) is 8.28. The average molecular weight is 347 g/mol. The van der Waals surface area contributed by atoms with E-state index in [0.29, 0.717) is 11.6 Å². The quantitative estimate of drug-likeness (QED) is 0.888. The van der Waals surface area contributed by atoms with Crippen LogP contribution in [-0.2, 0) is 4.79 Å². The lowest BCUT2D eigenvalue weighted by atomic mass is 10.1. The van der Waals surface area contributed by atoms with Crippen LogP contribution in [0.5, 0.6) is 0 Å². The maximum Gasteiger partial charge on any atom is 0.241 e. The molecule has 0 aromatic heterocycles. The Bertz CT molecular complexity index is 601. The largest absolute Gasteiger partial charge is 0.324 e. The van der Waals surface area contributed by atoms with E-state index < -0.39 is 0 Å². The van der Waals surface area contributed by atoms with Crippen molar-refractivity contribution < 1.29 is 9.18 Å². The van der Waals surface area contributed by atoms with E-state index >= 15 is 0 Å². The molecule has 4 nitrogen and oxygen atoms in total. The highest BCUT2D eigenvalue weighted by Crippen LogP contribution is 2.23. The van der Waals surface area contributed by atoms with Gasteiger partial charge in [-0.3, -0.25) is 9.69 Å². The highest BCUT2D eigenvalue weighted by atomic mass is 19.1. The van der Waals surface area contributed by atoms with Crippen LogP contribution in [0, 0.1) is 18.7 Å². The van der Waals surface area contributed by atoms with Crippen LogP contribution < -0.4 is 5.32 Å². The van der Waals surface area contributed by atoms with Crippen molar-refractivity contribution in [2.24, 2.45) is 5.92 Å². The van der Waals surface area contributed by atoms with E-state index in [1.54, 1.807) is 6.07 Å². The Morgan fingerprint density at radius 2 is 2.04 bits per heavy atom. The molecule has 3 rings (SSSR count). The number of aryl methyl sites for hydroxylation is 1. The Balaban J connectivity index is 1.51. The summed E-state index contributed by atoms with van der Waals surface area (Å²) in [6.45, 7) is 9.39. The number of carbonyl (C=O) groups excluding carboxylic acids is 1. The van der Waals surface area contributed by atoms with Gasteiger partial charge in [-0.15, -0.1) is 0 Å². The Morgan fingerprint density at radius 1 is 1.28 bits per heavy atom. The van der Waals surface area contributed by atoms with E-state index in [2.05, 4.69) is 15.1 Å². The molecule has 1 amide bonds. The van der Waals surface area contributed by atoms with Crippen molar-refractivity contribution in [1.29, 1.82) is 0 Å². The van der Waals surface area contributed by atoms with E-state index in [1.165, 1.54) is 44.5 Å². The van der Waals surface area contributed by atoms with Crippen LogP contribution >= 0.6 is 0 Å². The van der Waals surface area contributed by atoms with Crippen molar-refractivity contribution in [1.82, 2.24) is 9.80 Å². The van der Waals surface area contributed by atoms with Gasteiger partial charge in [0.2, 0.25) is 5.91 Å². The number of likely N-dealkylation sites (tertiary alicyclic amines) is 2. The molecule has 0 aliphatic carbocycles. The van der Waals surface area contributed by atoms with Crippen LogP contribution in [0.3, 0.4) is 0 Å². The van der Waals surface area contributed by atoms with Crippen molar-refractivity contribution in [3.8, 4) is 0 Å². The molecule has 0 radical (unpaired) electrons. The lowest BCUT2D eigenvalue weighted by Crippen LogP contribution is -2.41. The van der Waals surface area contributed by atoms with Crippen LogP contribution in [0.15, 0.2) is 18.2 Å². The number of piperidine rings is 1. The number of rotatable bonds is 5. The number of benzene rings is 1. The van der Waals surface area contributed by atoms with E-state index in [0.717, 1.165) is 31.6 Å². The minimum atomic E-state index is -0.323. The van der Waals surface area contributed by atoms with Crippen molar-refractivity contribution >= 4 is 11.6 Å². The predicted octanol–water partition coefficient (Wildman–Crippen LogP) is 3.27. The van der Waals surface area contributed by atoms with Crippen molar-refractivity contribution in [3.05, 3.63) is 29.6 Å². The number of anilines is 1. The number of nitrogens with one attached hydrogen (secondary N) is 1. The summed E-state index contributed by atoms with van der Waals surface area (Å²) in [5.41, 5.74) is 1.45. The number of carbonyl (C=O) groups is 1. The first-order valence-corrected chi connectivity index (χ1v) is 9.56. The van der Waals surface area contributed by atoms with Crippen molar-refractivity contribution in [2.45, 2.75) is 45.6 Å². The molecule has 0 spiro atoms. The third-order valence-corrected chi connectivity index (χ3v) is 5.67. The molecule has 2 heterocycles. The Labute approximate surface area is 150 Å². The highest BCUT2D eigenvalue weighted by molar-refractivity contribution is 5.95. The van der Waals surface area contributed by atoms with Crippen LogP contribution in [0.1, 0.15) is 38.2 Å². The molecule has 0 saturated carbocycles. The zero-order chi connectivity index (χ0) is 17.8. The summed E-state index contributed by atoms with van der Waals surface area (Å²) < 4.78 is 13.4. The molecule has 5 heteroatoms. The number of amides is 1. The van der Waals surface area contributed by atoms with Crippen molar-refractivity contribution in [2.75, 3.05) is 38.0 Å². The topological polar surface area (TPSA) is 35.6 Å². The highest BCUT2D eigenvalue weighted by Gasteiger charge is 2.30. The summed E-state index contributed by atoms with van der Waals surface area (Å²) in [5, 5.41) is 2.89. The normalized spacial score (nSPS) is 23.6. The number of hydrogen-bond donors (Lipinski definition) is 1. The number of hydrogen-bond acceptors (Lipinski definition) is 3. The molecule has 2 saturated heterocycles. The maximum atomic E-state index is 13.4. The molecule has 0 unspecified atom stereocenters. The van der Waals surface area contributed by atoms with E-state index in [-0.39, 0.29) is 17.8 Å². The first kappa shape index (κ1) is 18.3. The lowest BCUT2D eigenvalue weighted by Gasteiger charge is -2.29. The van der Waals surface area contributed by atoms with Gasteiger partial charge in [0, 0.05) is 18.8 Å². The fourth-order valence-electron chi connectivity index (χ4n) is 4.00. The second-order valence-electron chi connectivity index (χ2n) is 7.64. The molecule has 25 heavy (non-hydrogen) atoms. The zero-order valence-electron chi connectivity index (χ0n) is 15.4. The summed E-state index contributed by atoms with van der Waals surface area (Å²) >= 11 is 0. The van der Waals surface area contributed by atoms with Crippen LogP contribution in [0.4, 0.5) is 10.1 Å². The van der Waals surface area contributed by atoms with Gasteiger partial charge in [0.05, 0.1) is 6.04 Å². The predicted molar refractivity (Wildman–Crippen MR) is 99.2 cm³/mol. The van der Waals surface area contributed by atoms with Gasteiger partial charge < -0.3 is 10.2 Å². The summed E-state index contributed by atoms with van der Waals surface area (Å²) in [4.78, 5) is 17.4. The molecule has 1 aromatic rings. The lowest BCUT2D eigenvalue weighted by molar-refractivity contribution is -0.120. The molecular formula is C20H30FN3O. The smallest absolute Gasteiger partial charge is 0.241 e. The molecule has 0 bridgehead atoms. The Morgan fingerprint density at radius 3 is 2.80 bits per heavy atom. The summed E-state index contributed by atoms with van der Waals surface area (Å²) in [6.07, 6.45) is 5.17. The maximum absolute atomic E-state index is 13.4. The van der Waals surface area contributed by atoms with E-state index in [4.69, 9.17) is 0 Å². The molecule has 2 atom stereocenters. The average Bonchev–Trinajstić information content (AvgIpc) is 3.06. The van der Waals surface area contributed by atoms with Gasteiger partial charge in [-0.1, -0.05) is 12.5 Å². The van der Waals surface area contributed by atoms with E-state index in [9.17, 15) is 9.18 Å². The minimum Gasteiger partial charge on any atom is -0.324 e. The standard InChI is InChI=1S/C20H30FN3O/c1-15-6-7-18(21)12-19(15)22-20(25)16(2)24-11-8-17(14-24)13-23-9-4-3-5-10-23/h6-7,12,16-17H,3-5,8-11,13-14H2,1-2H3,(H,22,25)/t16-,17-/m1/s1. The molecule has 2 aliphatic heterocycles. The zero-order valence-corrected chi connectivity index (χ0v) is 15.4. The molecule has 2 fully saturated rings. The molecule has 1 aromatic carbocycles. The molecule has 2 aliphatic rings. The van der Waals surface area contributed by atoms with Crippen LogP contribution in [-0.4, -0.2) is 54.5 Å². The third kappa shape index (κ3) is 4.79. The second-order valence-corrected chi connectivity index (χ2v) is 7.64. The monoisotopic (exact) mass is 347 g/mol. The Hall–Kier alpha value is -1.46. The van der Waals surface area contributed by atoms with Gasteiger partial charge in [0.15, 0.2) is 0 Å². The summed E-state index contributed by atoms with van der Waals surface area (Å²) in [7, 11) is 0. The molecule has 1 N–H and O–H groups in total. The number of nitrogens with zero attached hydrogens (tertiary/aromatic N) is 2. The summed E-state index contributed by atoms with van der Waals surface area (Å²) in [6, 6.07) is 4.32. The van der Waals surface area contributed by atoms with Gasteiger partial charge in [0.25, 0.3) is 0 Å². The van der Waals surface area contributed by atoms with E-state index in [1.807, 2.05) is 13.8 Å². The van der Waals surface area contributed by atoms with Gasteiger partial charge in [-0.2, -0.15) is 0 Å². The third-order valence-electron chi connectivity index (χ3n) is 5.67. The van der Waals surface area contributed by atoms with Crippen LogP contribution in [0.2, 0.25) is 0 Å². The Kier molecular flexibility index (Phi) is 6.07. The molecular weight excluding hydrogens is 317 g/mol. The molecule has 138 valence electrons. The van der Waals surface area contributed by atoms with Gasteiger partial charge in [-0.05, 0) is 76.4 Å². The van der Waals surface area contributed by atoms with Gasteiger partial charge >= 0.3 is 0 Å². The van der Waals surface area contributed by atoms with Crippen LogP contribution in [0.25, 0.3) is 0 Å². The number of halogens is 1. The van der Waals surface area contributed by atoms with Gasteiger partial charge in [0.1, 0.15) is 5.82 Å². The first-order valence-electron chi connectivity index (χ1n) is 9.56. The van der Waals surface area contributed by atoms with Gasteiger partial charge in [-0.25, -0.2) is 4.39 Å². The SMILES string of the molecule is Cc1ccc(F)cc1NC(=O)[C@@H](C)N1CC[C@H](CN2CCCCC2)C1. The summed E-state index contributed by atoms with van der Waals surface area (Å²) in [5.74, 6) is 0.285. The first-order chi connectivity index (χ1) is 12.0. The fraction of sp³-hybridized carbons (Fsp3) is 0.650.